The van der Waals surface area contributed by atoms with Gasteiger partial charge in [-0.25, -0.2) is 0 Å². The van der Waals surface area contributed by atoms with Gasteiger partial charge in [0, 0.05) is 13.0 Å². The number of carbonyl (C=O) groups excluding carboxylic acids is 1. The van der Waals surface area contributed by atoms with E-state index < -0.39 is 6.04 Å². The van der Waals surface area contributed by atoms with Crippen LogP contribution in [-0.4, -0.2) is 18.5 Å². The third-order valence-corrected chi connectivity index (χ3v) is 2.18. The molecule has 3 heteroatoms. The minimum Gasteiger partial charge on any atom is -0.355 e. The van der Waals surface area contributed by atoms with E-state index in [2.05, 4.69) is 25.1 Å². The molecule has 3 nitrogen and oxygen atoms in total. The zero-order valence-corrected chi connectivity index (χ0v) is 9.75. The summed E-state index contributed by atoms with van der Waals surface area (Å²) < 4.78 is 0. The molecule has 0 aliphatic heterocycles. The highest BCUT2D eigenvalue weighted by Crippen LogP contribution is 2.05. The van der Waals surface area contributed by atoms with Gasteiger partial charge in [-0.1, -0.05) is 26.7 Å². The van der Waals surface area contributed by atoms with E-state index in [1.165, 1.54) is 6.42 Å². The second-order valence-electron chi connectivity index (χ2n) is 4.20. The Bertz CT molecular complexity index is 218. The van der Waals surface area contributed by atoms with E-state index in [9.17, 15) is 4.79 Å². The molecule has 0 saturated carbocycles. The van der Waals surface area contributed by atoms with Crippen LogP contribution in [0.15, 0.2) is 0 Å². The number of hydrogen-bond acceptors (Lipinski definition) is 2. The standard InChI is InChI=1S/C12H22N2O/c1-4-7-11(13)12(15)14-9-6-5-8-10(2)3/h1,10-11H,5-9,13H2,2-3H3,(H,14,15). The van der Waals surface area contributed by atoms with Crippen LogP contribution in [0.3, 0.4) is 0 Å². The number of carbonyl (C=O) groups is 1. The fraction of sp³-hybridized carbons (Fsp3) is 0.750. The molecule has 0 bridgehead atoms. The highest BCUT2D eigenvalue weighted by atomic mass is 16.2. The van der Waals surface area contributed by atoms with Gasteiger partial charge in [0.05, 0.1) is 6.04 Å². The van der Waals surface area contributed by atoms with Crippen molar-refractivity contribution in [2.75, 3.05) is 6.54 Å². The Morgan fingerprint density at radius 1 is 1.47 bits per heavy atom. The summed E-state index contributed by atoms with van der Waals surface area (Å²) in [6, 6.07) is -0.555. The molecule has 1 amide bonds. The molecule has 0 aromatic rings. The van der Waals surface area contributed by atoms with E-state index in [1.807, 2.05) is 0 Å². The lowest BCUT2D eigenvalue weighted by Gasteiger charge is -2.09. The Hall–Kier alpha value is -1.01. The van der Waals surface area contributed by atoms with Gasteiger partial charge in [-0.05, 0) is 12.3 Å². The average molecular weight is 210 g/mol. The summed E-state index contributed by atoms with van der Waals surface area (Å²) in [7, 11) is 0. The van der Waals surface area contributed by atoms with Crippen molar-refractivity contribution in [1.29, 1.82) is 0 Å². The zero-order valence-electron chi connectivity index (χ0n) is 9.75. The van der Waals surface area contributed by atoms with E-state index in [4.69, 9.17) is 12.2 Å². The number of nitrogens with two attached hydrogens (primary N) is 1. The molecule has 86 valence electrons. The fourth-order valence-corrected chi connectivity index (χ4v) is 1.24. The van der Waals surface area contributed by atoms with Crippen LogP contribution in [0.25, 0.3) is 0 Å². The first kappa shape index (κ1) is 14.0. The summed E-state index contributed by atoms with van der Waals surface area (Å²) in [5.74, 6) is 2.96. The molecule has 15 heavy (non-hydrogen) atoms. The van der Waals surface area contributed by atoms with Gasteiger partial charge in [0.25, 0.3) is 0 Å². The monoisotopic (exact) mass is 210 g/mol. The minimum absolute atomic E-state index is 0.141. The maximum Gasteiger partial charge on any atom is 0.237 e. The largest absolute Gasteiger partial charge is 0.355 e. The Morgan fingerprint density at radius 2 is 2.13 bits per heavy atom. The van der Waals surface area contributed by atoms with Gasteiger partial charge in [0.15, 0.2) is 0 Å². The third-order valence-electron chi connectivity index (χ3n) is 2.18. The number of amides is 1. The number of unbranched alkanes of at least 4 members (excludes halogenated alkanes) is 1. The number of hydrogen-bond donors (Lipinski definition) is 2. The predicted octanol–water partition coefficient (Wildman–Crippen LogP) is 1.28. The molecule has 0 heterocycles. The van der Waals surface area contributed by atoms with Crippen molar-refractivity contribution in [2.24, 2.45) is 11.7 Å². The molecule has 0 rings (SSSR count). The molecular weight excluding hydrogens is 188 g/mol. The number of rotatable bonds is 7. The van der Waals surface area contributed by atoms with Crippen molar-refractivity contribution in [3.63, 3.8) is 0 Å². The van der Waals surface area contributed by atoms with Crippen LogP contribution in [0.2, 0.25) is 0 Å². The van der Waals surface area contributed by atoms with E-state index in [-0.39, 0.29) is 5.91 Å². The third kappa shape index (κ3) is 8.02. The topological polar surface area (TPSA) is 55.1 Å². The van der Waals surface area contributed by atoms with Crippen LogP contribution in [0, 0.1) is 18.3 Å². The molecule has 0 radical (unpaired) electrons. The van der Waals surface area contributed by atoms with Crippen LogP contribution in [0.4, 0.5) is 0 Å². The first-order valence-electron chi connectivity index (χ1n) is 5.54. The van der Waals surface area contributed by atoms with Crippen LogP contribution < -0.4 is 11.1 Å². The Balaban J connectivity index is 3.43. The molecule has 0 aromatic carbocycles. The van der Waals surface area contributed by atoms with E-state index >= 15 is 0 Å². The van der Waals surface area contributed by atoms with E-state index in [0.717, 1.165) is 18.8 Å². The lowest BCUT2D eigenvalue weighted by atomic mass is 10.1. The molecular formula is C12H22N2O. The number of nitrogens with one attached hydrogen (secondary N) is 1. The Labute approximate surface area is 92.8 Å². The molecule has 0 fully saturated rings. The van der Waals surface area contributed by atoms with Gasteiger partial charge in [-0.15, -0.1) is 12.3 Å². The van der Waals surface area contributed by atoms with Crippen LogP contribution in [0.1, 0.15) is 39.5 Å². The Kier molecular flexibility index (Phi) is 7.75. The maximum absolute atomic E-state index is 11.3. The molecule has 3 N–H and O–H groups in total. The highest BCUT2D eigenvalue weighted by molar-refractivity contribution is 5.81. The molecule has 0 aliphatic carbocycles. The minimum atomic E-state index is -0.555. The molecule has 0 aromatic heterocycles. The first-order chi connectivity index (χ1) is 7.07. The second-order valence-corrected chi connectivity index (χ2v) is 4.20. The van der Waals surface area contributed by atoms with Crippen molar-refractivity contribution >= 4 is 5.91 Å². The van der Waals surface area contributed by atoms with Crippen molar-refractivity contribution < 1.29 is 4.79 Å². The molecule has 0 spiro atoms. The van der Waals surface area contributed by atoms with E-state index in [1.54, 1.807) is 0 Å². The molecule has 0 aliphatic rings. The molecule has 1 unspecified atom stereocenters. The summed E-state index contributed by atoms with van der Waals surface area (Å²) in [5, 5.41) is 2.78. The molecule has 1 atom stereocenters. The highest BCUT2D eigenvalue weighted by Gasteiger charge is 2.10. The summed E-state index contributed by atoms with van der Waals surface area (Å²) >= 11 is 0. The van der Waals surface area contributed by atoms with E-state index in [0.29, 0.717) is 13.0 Å². The van der Waals surface area contributed by atoms with Crippen LogP contribution in [-0.2, 0) is 4.79 Å². The van der Waals surface area contributed by atoms with Crippen molar-refractivity contribution in [3.8, 4) is 12.3 Å². The normalized spacial score (nSPS) is 12.2. The van der Waals surface area contributed by atoms with Crippen LogP contribution >= 0.6 is 0 Å². The second kappa shape index (κ2) is 8.31. The van der Waals surface area contributed by atoms with Crippen molar-refractivity contribution in [1.82, 2.24) is 5.32 Å². The van der Waals surface area contributed by atoms with Crippen molar-refractivity contribution in [2.45, 2.75) is 45.6 Å². The van der Waals surface area contributed by atoms with Crippen molar-refractivity contribution in [3.05, 3.63) is 0 Å². The van der Waals surface area contributed by atoms with Gasteiger partial charge in [-0.3, -0.25) is 4.79 Å². The zero-order chi connectivity index (χ0) is 11.7. The Morgan fingerprint density at radius 3 is 2.67 bits per heavy atom. The van der Waals surface area contributed by atoms with Gasteiger partial charge >= 0.3 is 0 Å². The number of terminal acetylenes is 1. The predicted molar refractivity (Wildman–Crippen MR) is 63.1 cm³/mol. The van der Waals surface area contributed by atoms with Gasteiger partial charge in [0.2, 0.25) is 5.91 Å². The summed E-state index contributed by atoms with van der Waals surface area (Å²) in [6.45, 7) is 5.09. The van der Waals surface area contributed by atoms with Gasteiger partial charge in [0.1, 0.15) is 0 Å². The summed E-state index contributed by atoms with van der Waals surface area (Å²) in [5.41, 5.74) is 5.54. The van der Waals surface area contributed by atoms with Gasteiger partial charge < -0.3 is 11.1 Å². The SMILES string of the molecule is C#CCC(N)C(=O)NCCCCC(C)C. The smallest absolute Gasteiger partial charge is 0.237 e. The quantitative estimate of drug-likeness (QED) is 0.491. The molecule has 0 saturated heterocycles. The average Bonchev–Trinajstić information content (AvgIpc) is 2.16. The summed E-state index contributed by atoms with van der Waals surface area (Å²) in [6.07, 6.45) is 8.72. The summed E-state index contributed by atoms with van der Waals surface area (Å²) in [4.78, 5) is 11.3. The first-order valence-corrected chi connectivity index (χ1v) is 5.54. The van der Waals surface area contributed by atoms with Gasteiger partial charge in [-0.2, -0.15) is 0 Å². The van der Waals surface area contributed by atoms with Crippen LogP contribution in [0.5, 0.6) is 0 Å². The lowest BCUT2D eigenvalue weighted by molar-refractivity contribution is -0.122. The fourth-order valence-electron chi connectivity index (χ4n) is 1.24. The maximum atomic E-state index is 11.3. The lowest BCUT2D eigenvalue weighted by Crippen LogP contribution is -2.40.